The zero-order valence-electron chi connectivity index (χ0n) is 16.1. The molecule has 4 aliphatic rings. The quantitative estimate of drug-likeness (QED) is 0.622. The van der Waals surface area contributed by atoms with Crippen molar-refractivity contribution in [3.8, 4) is 0 Å². The van der Waals surface area contributed by atoms with Crippen LogP contribution in [-0.2, 0) is 19.1 Å². The van der Waals surface area contributed by atoms with Crippen LogP contribution >= 0.6 is 0 Å². The number of hydrogen-bond donors (Lipinski definition) is 0. The van der Waals surface area contributed by atoms with Gasteiger partial charge in [-0.25, -0.2) is 4.79 Å². The summed E-state index contributed by atoms with van der Waals surface area (Å²) in [5, 5.41) is 0. The third kappa shape index (κ3) is 2.76. The van der Waals surface area contributed by atoms with Gasteiger partial charge in [0, 0.05) is 24.2 Å². The molecule has 0 radical (unpaired) electrons. The fourth-order valence-corrected chi connectivity index (χ4v) is 6.46. The first-order valence-corrected chi connectivity index (χ1v) is 10.0. The monoisotopic (exact) mass is 398 g/mol. The summed E-state index contributed by atoms with van der Waals surface area (Å²) in [7, 11) is 0. The summed E-state index contributed by atoms with van der Waals surface area (Å²) in [6, 6.07) is 0. The lowest BCUT2D eigenvalue weighted by Crippen LogP contribution is -2.53. The van der Waals surface area contributed by atoms with Gasteiger partial charge in [-0.2, -0.15) is 13.2 Å². The molecule has 3 saturated carbocycles. The maximum atomic E-state index is 13.0. The third-order valence-corrected chi connectivity index (χ3v) is 8.11. The van der Waals surface area contributed by atoms with Crippen molar-refractivity contribution < 1.29 is 32.3 Å². The van der Waals surface area contributed by atoms with Crippen LogP contribution in [0.2, 0.25) is 0 Å². The average Bonchev–Trinajstić information content (AvgIpc) is 2.91. The van der Waals surface area contributed by atoms with E-state index in [0.717, 1.165) is 24.8 Å². The molecular weight excluding hydrogens is 373 g/mol. The van der Waals surface area contributed by atoms with Gasteiger partial charge in [0.1, 0.15) is 11.9 Å². The number of rotatable bonds is 1. The minimum Gasteiger partial charge on any atom is -0.455 e. The van der Waals surface area contributed by atoms with E-state index in [1.807, 2.05) is 6.92 Å². The highest BCUT2D eigenvalue weighted by molar-refractivity contribution is 5.96. The van der Waals surface area contributed by atoms with Crippen LogP contribution in [0.25, 0.3) is 0 Å². The highest BCUT2D eigenvalue weighted by Gasteiger charge is 2.61. The molecule has 4 rings (SSSR count). The molecule has 0 aromatic heterocycles. The van der Waals surface area contributed by atoms with Crippen molar-refractivity contribution in [3.63, 3.8) is 0 Å². The fraction of sp³-hybridized carbons (Fsp3) is 0.762. The van der Waals surface area contributed by atoms with Crippen molar-refractivity contribution in [2.75, 3.05) is 0 Å². The molecular formula is C21H25F3O4. The highest BCUT2D eigenvalue weighted by atomic mass is 19.4. The van der Waals surface area contributed by atoms with Crippen molar-refractivity contribution in [1.82, 2.24) is 0 Å². The Bertz CT molecular complexity index is 770. The summed E-state index contributed by atoms with van der Waals surface area (Å²) in [6.07, 6.45) is -0.346. The summed E-state index contributed by atoms with van der Waals surface area (Å²) in [5.41, 5.74) is 0.0999. The number of halogens is 3. The molecule has 4 aliphatic carbocycles. The average molecular weight is 398 g/mol. The van der Waals surface area contributed by atoms with Crippen LogP contribution < -0.4 is 0 Å². The predicted octanol–water partition coefficient (Wildman–Crippen LogP) is 4.17. The van der Waals surface area contributed by atoms with E-state index in [-0.39, 0.29) is 41.2 Å². The van der Waals surface area contributed by atoms with E-state index in [2.05, 4.69) is 11.7 Å². The van der Waals surface area contributed by atoms with Crippen molar-refractivity contribution in [2.24, 2.45) is 28.6 Å². The smallest absolute Gasteiger partial charge is 0.455 e. The Morgan fingerprint density at radius 1 is 1.07 bits per heavy atom. The lowest BCUT2D eigenvalue weighted by atomic mass is 9.48. The Morgan fingerprint density at radius 3 is 2.39 bits per heavy atom. The minimum absolute atomic E-state index is 0.00843. The van der Waals surface area contributed by atoms with Gasteiger partial charge in [-0.05, 0) is 55.4 Å². The van der Waals surface area contributed by atoms with Crippen LogP contribution in [0.1, 0.15) is 58.8 Å². The number of esters is 1. The largest absolute Gasteiger partial charge is 0.490 e. The van der Waals surface area contributed by atoms with Gasteiger partial charge in [-0.1, -0.05) is 19.4 Å². The third-order valence-electron chi connectivity index (χ3n) is 8.11. The van der Waals surface area contributed by atoms with E-state index in [9.17, 15) is 27.6 Å². The molecule has 0 heterocycles. The first kappa shape index (κ1) is 19.6. The normalized spacial score (nSPS) is 43.0. The maximum Gasteiger partial charge on any atom is 0.490 e. The second kappa shape index (κ2) is 6.17. The SMILES string of the molecule is C[C@]12CC[C@H](OC(=O)C(F)(F)F)CC1=CC(=O)[C@@H]1[C@@H]2CC[C@]2(C)C(=O)CC[C@@H]12. The molecule has 0 aromatic rings. The summed E-state index contributed by atoms with van der Waals surface area (Å²) in [5.74, 6) is -1.95. The second-order valence-electron chi connectivity index (χ2n) is 9.41. The van der Waals surface area contributed by atoms with E-state index in [0.29, 0.717) is 19.3 Å². The Labute approximate surface area is 161 Å². The molecule has 0 spiro atoms. The molecule has 28 heavy (non-hydrogen) atoms. The number of ether oxygens (including phenoxy) is 1. The van der Waals surface area contributed by atoms with Crippen LogP contribution in [0.15, 0.2) is 11.6 Å². The Hall–Kier alpha value is -1.66. The lowest BCUT2D eigenvalue weighted by molar-refractivity contribution is -0.206. The van der Waals surface area contributed by atoms with Gasteiger partial charge in [-0.3, -0.25) is 9.59 Å². The van der Waals surface area contributed by atoms with Crippen molar-refractivity contribution >= 4 is 17.5 Å². The number of carbonyl (C=O) groups excluding carboxylic acids is 3. The zero-order chi connectivity index (χ0) is 20.5. The first-order valence-electron chi connectivity index (χ1n) is 10.0. The van der Waals surface area contributed by atoms with Gasteiger partial charge in [0.2, 0.25) is 0 Å². The number of carbonyl (C=O) groups is 3. The van der Waals surface area contributed by atoms with Crippen LogP contribution in [-0.4, -0.2) is 29.8 Å². The summed E-state index contributed by atoms with van der Waals surface area (Å²) >= 11 is 0. The molecule has 7 heteroatoms. The van der Waals surface area contributed by atoms with E-state index >= 15 is 0 Å². The van der Waals surface area contributed by atoms with E-state index in [4.69, 9.17) is 0 Å². The number of ketones is 2. The van der Waals surface area contributed by atoms with Gasteiger partial charge >= 0.3 is 12.1 Å². The lowest BCUT2D eigenvalue weighted by Gasteiger charge is -2.55. The number of alkyl halides is 3. The van der Waals surface area contributed by atoms with Crippen molar-refractivity contribution in [3.05, 3.63) is 11.6 Å². The molecule has 6 atom stereocenters. The Balaban J connectivity index is 1.59. The maximum absolute atomic E-state index is 13.0. The van der Waals surface area contributed by atoms with Crippen LogP contribution in [0.4, 0.5) is 13.2 Å². The number of hydrogen-bond acceptors (Lipinski definition) is 4. The summed E-state index contributed by atoms with van der Waals surface area (Å²) in [4.78, 5) is 36.7. The standard InChI is InChI=1S/C21H25F3O4/c1-19-7-5-12(28-18(27)21(22,23)24)9-11(19)10-15(25)17-13-3-4-16(26)20(13,2)8-6-14(17)19/h10,12-14,17H,3-9H2,1-2H3/t12-,13-,14-,17-,19-,20-/m0/s1. The fourth-order valence-electron chi connectivity index (χ4n) is 6.46. The van der Waals surface area contributed by atoms with Gasteiger partial charge in [-0.15, -0.1) is 0 Å². The topological polar surface area (TPSA) is 60.4 Å². The molecule has 3 fully saturated rings. The number of Topliss-reactive ketones (excluding diaryl/α,β-unsaturated/α-hetero) is 1. The van der Waals surface area contributed by atoms with Gasteiger partial charge in [0.05, 0.1) is 0 Å². The summed E-state index contributed by atoms with van der Waals surface area (Å²) < 4.78 is 42.2. The molecule has 0 amide bonds. The number of fused-ring (bicyclic) bond motifs is 5. The van der Waals surface area contributed by atoms with E-state index in [1.54, 1.807) is 6.08 Å². The highest BCUT2D eigenvalue weighted by Crippen LogP contribution is 2.63. The van der Waals surface area contributed by atoms with E-state index < -0.39 is 23.7 Å². The molecule has 4 nitrogen and oxygen atoms in total. The van der Waals surface area contributed by atoms with Crippen LogP contribution in [0.3, 0.4) is 0 Å². The Morgan fingerprint density at radius 2 is 1.71 bits per heavy atom. The number of allylic oxidation sites excluding steroid dienone is 1. The van der Waals surface area contributed by atoms with Crippen LogP contribution in [0, 0.1) is 28.6 Å². The Kier molecular flexibility index (Phi) is 4.33. The van der Waals surface area contributed by atoms with Gasteiger partial charge in [0.15, 0.2) is 5.78 Å². The summed E-state index contributed by atoms with van der Waals surface area (Å²) in [6.45, 7) is 4.08. The molecule has 0 aromatic carbocycles. The predicted molar refractivity (Wildman–Crippen MR) is 93.0 cm³/mol. The van der Waals surface area contributed by atoms with Gasteiger partial charge < -0.3 is 4.74 Å². The molecule has 0 bridgehead atoms. The van der Waals surface area contributed by atoms with Crippen molar-refractivity contribution in [1.29, 1.82) is 0 Å². The second-order valence-corrected chi connectivity index (χ2v) is 9.41. The van der Waals surface area contributed by atoms with Crippen molar-refractivity contribution in [2.45, 2.75) is 71.1 Å². The van der Waals surface area contributed by atoms with Crippen LogP contribution in [0.5, 0.6) is 0 Å². The van der Waals surface area contributed by atoms with E-state index in [1.165, 1.54) is 0 Å². The van der Waals surface area contributed by atoms with Gasteiger partial charge in [0.25, 0.3) is 0 Å². The molecule has 0 unspecified atom stereocenters. The zero-order valence-corrected chi connectivity index (χ0v) is 16.1. The first-order chi connectivity index (χ1) is 13.0. The minimum atomic E-state index is -5.01. The molecule has 154 valence electrons. The molecule has 0 aliphatic heterocycles. The molecule has 0 saturated heterocycles. The molecule has 0 N–H and O–H groups in total.